The predicted octanol–water partition coefficient (Wildman–Crippen LogP) is 2.24. The van der Waals surface area contributed by atoms with Gasteiger partial charge in [-0.3, -0.25) is 4.98 Å². The first kappa shape index (κ1) is 10.9. The van der Waals surface area contributed by atoms with Crippen LogP contribution in [0.3, 0.4) is 0 Å². The van der Waals surface area contributed by atoms with Crippen LogP contribution in [0.1, 0.15) is 28.9 Å². The number of hydrogen-bond donors (Lipinski definition) is 4. The number of urea groups is 1. The minimum Gasteiger partial charge on any atom is -0.508 e. The maximum absolute atomic E-state index is 12.7. The number of phenolic OH excluding ortho intramolecular Hbond substituents is 1. The topological polar surface area (TPSA) is 120 Å². The molecule has 0 bridgehead atoms. The van der Waals surface area contributed by atoms with Crippen molar-refractivity contribution in [1.82, 2.24) is 15.0 Å². The number of benzene rings is 1. The Bertz CT molecular complexity index is 1110. The van der Waals surface area contributed by atoms with Crippen LogP contribution >= 0.6 is 0 Å². The molecule has 1 heterocycles. The van der Waals surface area contributed by atoms with Crippen molar-refractivity contribution in [3.8, 4) is 5.75 Å². The monoisotopic (exact) mass is 371 g/mol. The van der Waals surface area contributed by atoms with E-state index in [-0.39, 0.29) is 11.4 Å². The van der Waals surface area contributed by atoms with Crippen molar-refractivity contribution in [3.63, 3.8) is 0 Å². The van der Waals surface area contributed by atoms with Gasteiger partial charge in [-0.2, -0.15) is 0 Å². The summed E-state index contributed by atoms with van der Waals surface area (Å²) in [6, 6.07) is 0.500. The summed E-state index contributed by atoms with van der Waals surface area (Å²) in [4.78, 5) is 15.4. The van der Waals surface area contributed by atoms with Crippen molar-refractivity contribution in [2.24, 2.45) is 0 Å². The molecule has 0 radical (unpaired) electrons. The molecule has 1 aromatic carbocycles. The van der Waals surface area contributed by atoms with Gasteiger partial charge in [0.25, 0.3) is 10.0 Å². The number of sulfonamides is 1. The molecule has 8 nitrogen and oxygen atoms in total. The van der Waals surface area contributed by atoms with Gasteiger partial charge in [-0.25, -0.2) is 17.9 Å². The Hall–Kier alpha value is -2.81. The molecule has 2 amide bonds. The Labute approximate surface area is 156 Å². The molecular weight excluding hydrogens is 344 g/mol. The maximum atomic E-state index is 12.7. The fraction of sp³-hybridized carbons (Fsp3) is 0.250. The number of aromatic hydroxyl groups is 1. The van der Waals surface area contributed by atoms with Gasteiger partial charge in [0.15, 0.2) is 0 Å². The molecule has 0 unspecified atom stereocenters. The summed E-state index contributed by atoms with van der Waals surface area (Å²) in [5, 5.41) is 13.8. The molecule has 25 heavy (non-hydrogen) atoms. The SMILES string of the molecule is [2H]C([2H])([2H])C([2H])(NC(=O)NS(=O)(=O)c1cnccc1Nc1ccc(O)c(C)c1)C([2H])([2H])[2H]. The van der Waals surface area contributed by atoms with Gasteiger partial charge >= 0.3 is 6.03 Å². The lowest BCUT2D eigenvalue weighted by Gasteiger charge is -2.14. The number of phenols is 1. The summed E-state index contributed by atoms with van der Waals surface area (Å²) in [6.07, 6.45) is 2.18. The second-order valence-corrected chi connectivity index (χ2v) is 6.58. The van der Waals surface area contributed by atoms with E-state index in [1.807, 2.05) is 0 Å². The molecule has 0 atom stereocenters. The molecule has 0 fully saturated rings. The smallest absolute Gasteiger partial charge is 0.328 e. The van der Waals surface area contributed by atoms with Crippen molar-refractivity contribution in [1.29, 1.82) is 0 Å². The number of amides is 2. The van der Waals surface area contributed by atoms with Crippen molar-refractivity contribution in [2.75, 3.05) is 5.32 Å². The fourth-order valence-electron chi connectivity index (χ4n) is 1.90. The van der Waals surface area contributed by atoms with E-state index in [4.69, 9.17) is 9.60 Å². The Morgan fingerprint density at radius 1 is 1.36 bits per heavy atom. The highest BCUT2D eigenvalue weighted by Gasteiger charge is 2.22. The van der Waals surface area contributed by atoms with E-state index in [9.17, 15) is 18.3 Å². The van der Waals surface area contributed by atoms with Crippen LogP contribution in [0.15, 0.2) is 41.6 Å². The van der Waals surface area contributed by atoms with E-state index in [1.54, 1.807) is 6.92 Å². The lowest BCUT2D eigenvalue weighted by molar-refractivity contribution is 0.243. The number of aromatic nitrogens is 1. The molecule has 0 saturated heterocycles. The molecular formula is C16H20N4O4S. The molecule has 9 heteroatoms. The minimum atomic E-state index is -4.68. The highest BCUT2D eigenvalue weighted by atomic mass is 32.2. The van der Waals surface area contributed by atoms with Crippen LogP contribution < -0.4 is 15.4 Å². The van der Waals surface area contributed by atoms with Gasteiger partial charge in [-0.15, -0.1) is 0 Å². The largest absolute Gasteiger partial charge is 0.508 e. The molecule has 0 spiro atoms. The van der Waals surface area contributed by atoms with E-state index in [2.05, 4.69) is 10.3 Å². The van der Waals surface area contributed by atoms with E-state index >= 15 is 0 Å². The summed E-state index contributed by atoms with van der Waals surface area (Å²) in [6.45, 7) is -5.35. The molecule has 0 saturated carbocycles. The quantitative estimate of drug-likeness (QED) is 0.598. The van der Waals surface area contributed by atoms with Gasteiger partial charge in [0, 0.05) is 32.3 Å². The van der Waals surface area contributed by atoms with Gasteiger partial charge in [0.1, 0.15) is 10.6 Å². The summed E-state index contributed by atoms with van der Waals surface area (Å²) < 4.78 is 78.4. The third-order valence-corrected chi connectivity index (χ3v) is 4.37. The molecule has 0 aliphatic carbocycles. The number of anilines is 2. The first-order valence-corrected chi connectivity index (χ1v) is 8.32. The normalized spacial score (nSPS) is 16.8. The average molecular weight is 371 g/mol. The highest BCUT2D eigenvalue weighted by Crippen LogP contribution is 2.26. The van der Waals surface area contributed by atoms with E-state index in [0.29, 0.717) is 11.3 Å². The van der Waals surface area contributed by atoms with E-state index < -0.39 is 40.7 Å². The Kier molecular flexibility index (Phi) is 3.23. The van der Waals surface area contributed by atoms with Crippen LogP contribution in [0.2, 0.25) is 0 Å². The zero-order valence-electron chi connectivity index (χ0n) is 20.0. The average Bonchev–Trinajstić information content (AvgIpc) is 2.62. The van der Waals surface area contributed by atoms with Crippen LogP contribution in [-0.4, -0.2) is 30.6 Å². The fourth-order valence-corrected chi connectivity index (χ4v) is 2.92. The number of carbonyl (C=O) groups is 1. The lowest BCUT2D eigenvalue weighted by Crippen LogP contribution is -2.42. The third-order valence-electron chi connectivity index (χ3n) is 3.02. The predicted molar refractivity (Wildman–Crippen MR) is 94.4 cm³/mol. The Morgan fingerprint density at radius 2 is 2.12 bits per heavy atom. The molecule has 2 aromatic rings. The minimum absolute atomic E-state index is 0.0193. The van der Waals surface area contributed by atoms with Crippen LogP contribution in [-0.2, 0) is 10.0 Å². The second-order valence-electron chi connectivity index (χ2n) is 4.93. The maximum Gasteiger partial charge on any atom is 0.328 e. The molecule has 4 N–H and O–H groups in total. The molecule has 2 rings (SSSR count). The second kappa shape index (κ2) is 7.39. The number of carbonyl (C=O) groups excluding carboxylic acids is 1. The van der Waals surface area contributed by atoms with Crippen molar-refractivity contribution in [3.05, 3.63) is 42.2 Å². The first-order valence-electron chi connectivity index (χ1n) is 10.3. The molecule has 0 aliphatic rings. The molecule has 134 valence electrons. The van der Waals surface area contributed by atoms with Gasteiger partial charge in [-0.05, 0) is 50.5 Å². The molecule has 1 aromatic heterocycles. The van der Waals surface area contributed by atoms with Crippen molar-refractivity contribution >= 4 is 27.4 Å². The van der Waals surface area contributed by atoms with E-state index in [1.165, 1.54) is 40.5 Å². The number of aryl methyl sites for hydroxylation is 1. The van der Waals surface area contributed by atoms with Crippen LogP contribution in [0.5, 0.6) is 5.75 Å². The van der Waals surface area contributed by atoms with Crippen molar-refractivity contribution < 1.29 is 27.9 Å². The number of hydrogen-bond acceptors (Lipinski definition) is 6. The van der Waals surface area contributed by atoms with Crippen LogP contribution in [0.4, 0.5) is 16.2 Å². The highest BCUT2D eigenvalue weighted by molar-refractivity contribution is 7.90. The zero-order valence-corrected chi connectivity index (χ0v) is 13.8. The summed E-state index contributed by atoms with van der Waals surface area (Å²) >= 11 is 0. The third kappa shape index (κ3) is 4.83. The zero-order chi connectivity index (χ0) is 24.5. The summed E-state index contributed by atoms with van der Waals surface area (Å²) in [5.41, 5.74) is 0.892. The van der Waals surface area contributed by atoms with Crippen molar-refractivity contribution in [2.45, 2.75) is 31.5 Å². The standard InChI is InChI=1S/C16H20N4O4S/c1-10(2)18-16(22)20-25(23,24)15-9-17-7-6-13(15)19-12-4-5-14(21)11(3)8-12/h4-10,21H,1-3H3,(H,17,19)(H2,18,20,22)/i1D3,2D3,10D. The van der Waals surface area contributed by atoms with Gasteiger partial charge < -0.3 is 15.7 Å². The van der Waals surface area contributed by atoms with Gasteiger partial charge in [0.2, 0.25) is 0 Å². The molecule has 0 aliphatic heterocycles. The number of rotatable bonds is 5. The number of pyridine rings is 1. The van der Waals surface area contributed by atoms with Crippen LogP contribution in [0, 0.1) is 6.92 Å². The van der Waals surface area contributed by atoms with E-state index in [0.717, 1.165) is 6.20 Å². The Morgan fingerprint density at radius 3 is 2.80 bits per heavy atom. The first-order chi connectivity index (χ1) is 14.5. The summed E-state index contributed by atoms with van der Waals surface area (Å²) in [5.74, 6) is 0.0267. The van der Waals surface area contributed by atoms with Crippen LogP contribution in [0.25, 0.3) is 0 Å². The van der Waals surface area contributed by atoms with Gasteiger partial charge in [-0.1, -0.05) is 0 Å². The van der Waals surface area contributed by atoms with Gasteiger partial charge in [0.05, 0.1) is 7.06 Å². The summed E-state index contributed by atoms with van der Waals surface area (Å²) in [7, 11) is -4.68. The number of nitrogens with zero attached hydrogens (tertiary/aromatic N) is 1. The number of nitrogens with one attached hydrogen (secondary N) is 3. The Balaban J connectivity index is 2.33. The lowest BCUT2D eigenvalue weighted by atomic mass is 10.2.